The van der Waals surface area contributed by atoms with Crippen LogP contribution in [0.5, 0.6) is 5.88 Å². The van der Waals surface area contributed by atoms with Gasteiger partial charge in [0.2, 0.25) is 5.88 Å². The lowest BCUT2D eigenvalue weighted by Crippen LogP contribution is -2.56. The van der Waals surface area contributed by atoms with Crippen molar-refractivity contribution in [1.29, 1.82) is 0 Å². The van der Waals surface area contributed by atoms with E-state index in [1.54, 1.807) is 21.8 Å². The van der Waals surface area contributed by atoms with E-state index in [1.165, 1.54) is 12.3 Å². The maximum atomic E-state index is 14.3. The van der Waals surface area contributed by atoms with Crippen molar-refractivity contribution in [2.24, 2.45) is 0 Å². The molecule has 6 rings (SSSR count). The molecule has 1 N–H and O–H groups in total. The molecule has 3 atom stereocenters. The summed E-state index contributed by atoms with van der Waals surface area (Å²) in [7, 11) is 0. The Morgan fingerprint density at radius 1 is 1.30 bits per heavy atom. The number of likely N-dealkylation sites (tertiary alicyclic amines) is 1. The molecule has 3 aliphatic rings. The lowest BCUT2D eigenvalue weighted by molar-refractivity contribution is 0.0508. The number of aromatic nitrogens is 4. The maximum absolute atomic E-state index is 14.3. The van der Waals surface area contributed by atoms with Gasteiger partial charge in [0, 0.05) is 37.3 Å². The van der Waals surface area contributed by atoms with E-state index < -0.39 is 5.82 Å². The van der Waals surface area contributed by atoms with Gasteiger partial charge in [0.05, 0.1) is 31.1 Å². The van der Waals surface area contributed by atoms with Crippen LogP contribution in [0.3, 0.4) is 0 Å². The molecule has 3 aromatic rings. The Hall–Kier alpha value is -3.31. The van der Waals surface area contributed by atoms with Crippen LogP contribution in [0.25, 0.3) is 5.65 Å². The Bertz CT molecular complexity index is 1220. The summed E-state index contributed by atoms with van der Waals surface area (Å²) in [5, 5.41) is 9.04. The number of nitrogens with zero attached hydrogens (tertiary/aromatic N) is 6. The number of piperidine rings is 1. The molecule has 10 nitrogen and oxygen atoms in total. The Kier molecular flexibility index (Phi) is 4.88. The third kappa shape index (κ3) is 3.47. The van der Waals surface area contributed by atoms with E-state index in [-0.39, 0.29) is 24.1 Å². The number of pyridine rings is 1. The molecule has 0 radical (unpaired) electrons. The summed E-state index contributed by atoms with van der Waals surface area (Å²) in [4.78, 5) is 30.4. The van der Waals surface area contributed by atoms with Crippen molar-refractivity contribution in [2.45, 2.75) is 38.0 Å². The number of hydrogen-bond acceptors (Lipinski definition) is 8. The topological polar surface area (TPSA) is 97.1 Å². The highest BCUT2D eigenvalue weighted by molar-refractivity contribution is 6.00. The van der Waals surface area contributed by atoms with Gasteiger partial charge in [0.1, 0.15) is 17.5 Å². The molecule has 0 saturated carbocycles. The number of carbonyl (C=O) groups excluding carboxylic acids is 1. The third-order valence-electron chi connectivity index (χ3n) is 6.60. The van der Waals surface area contributed by atoms with Crippen molar-refractivity contribution in [3.63, 3.8) is 0 Å². The minimum absolute atomic E-state index is 0.241. The summed E-state index contributed by atoms with van der Waals surface area (Å²) < 4.78 is 22.3. The van der Waals surface area contributed by atoms with Crippen molar-refractivity contribution in [3.05, 3.63) is 47.7 Å². The summed E-state index contributed by atoms with van der Waals surface area (Å²) in [5.74, 6) is 0.147. The van der Waals surface area contributed by atoms with E-state index in [4.69, 9.17) is 9.57 Å². The number of halogens is 1. The van der Waals surface area contributed by atoms with Crippen LogP contribution < -0.4 is 15.1 Å². The van der Waals surface area contributed by atoms with Crippen molar-refractivity contribution < 1.29 is 18.8 Å². The Morgan fingerprint density at radius 2 is 2.21 bits per heavy atom. The van der Waals surface area contributed by atoms with Crippen LogP contribution in [-0.2, 0) is 4.84 Å². The molecule has 11 heteroatoms. The number of hydrogen-bond donors (Lipinski definition) is 1. The highest BCUT2D eigenvalue weighted by atomic mass is 19.1. The average Bonchev–Trinajstić information content (AvgIpc) is 3.47. The molecular weight excluding hydrogens is 429 g/mol. The predicted molar refractivity (Wildman–Crippen MR) is 115 cm³/mol. The summed E-state index contributed by atoms with van der Waals surface area (Å²) >= 11 is 0. The van der Waals surface area contributed by atoms with E-state index in [9.17, 15) is 9.18 Å². The minimum Gasteiger partial charge on any atom is -0.471 e. The lowest BCUT2D eigenvalue weighted by atomic mass is 10.0. The zero-order chi connectivity index (χ0) is 22.5. The van der Waals surface area contributed by atoms with Gasteiger partial charge in [0.15, 0.2) is 11.5 Å². The molecule has 3 aliphatic heterocycles. The molecule has 172 valence electrons. The van der Waals surface area contributed by atoms with Gasteiger partial charge < -0.3 is 10.1 Å². The number of amides is 1. The van der Waals surface area contributed by atoms with Crippen LogP contribution in [-0.4, -0.2) is 68.8 Å². The van der Waals surface area contributed by atoms with Gasteiger partial charge in [-0.25, -0.2) is 23.9 Å². The molecule has 0 aromatic carbocycles. The highest BCUT2D eigenvalue weighted by Crippen LogP contribution is 2.38. The maximum Gasteiger partial charge on any atom is 0.257 e. The molecule has 0 aliphatic carbocycles. The molecule has 3 aromatic heterocycles. The summed E-state index contributed by atoms with van der Waals surface area (Å²) in [6.45, 7) is 4.87. The SMILES string of the molecule is CCN1CCC2NC(=O)c3cnn4ccc(nc34)N3OCC[C@H]3c3cc(F)cnc3OC2C1. The fourth-order valence-electron chi connectivity index (χ4n) is 4.84. The second kappa shape index (κ2) is 7.92. The highest BCUT2D eigenvalue weighted by Gasteiger charge is 2.37. The molecule has 2 fully saturated rings. The average molecular weight is 453 g/mol. The Labute approximate surface area is 189 Å². The zero-order valence-corrected chi connectivity index (χ0v) is 18.1. The number of rotatable bonds is 1. The van der Waals surface area contributed by atoms with Gasteiger partial charge >= 0.3 is 0 Å². The van der Waals surface area contributed by atoms with Gasteiger partial charge in [-0.05, 0) is 19.0 Å². The van der Waals surface area contributed by atoms with Crippen LogP contribution in [0.2, 0.25) is 0 Å². The normalized spacial score (nSPS) is 25.3. The van der Waals surface area contributed by atoms with E-state index in [0.717, 1.165) is 25.7 Å². The number of anilines is 1. The first kappa shape index (κ1) is 20.3. The molecule has 2 bridgehead atoms. The largest absolute Gasteiger partial charge is 0.471 e. The second-order valence-corrected chi connectivity index (χ2v) is 8.54. The van der Waals surface area contributed by atoms with Crippen LogP contribution in [0.4, 0.5) is 10.2 Å². The number of carbonyl (C=O) groups is 1. The first-order chi connectivity index (χ1) is 16.1. The second-order valence-electron chi connectivity index (χ2n) is 8.54. The Balaban J connectivity index is 1.51. The van der Waals surface area contributed by atoms with Crippen molar-refractivity contribution >= 4 is 17.4 Å². The lowest BCUT2D eigenvalue weighted by Gasteiger charge is -2.38. The van der Waals surface area contributed by atoms with E-state index >= 15 is 0 Å². The van der Waals surface area contributed by atoms with Crippen molar-refractivity contribution in [1.82, 2.24) is 29.8 Å². The van der Waals surface area contributed by atoms with Gasteiger partial charge in [-0.2, -0.15) is 5.10 Å². The van der Waals surface area contributed by atoms with Crippen LogP contribution in [0.15, 0.2) is 30.7 Å². The molecule has 1 amide bonds. The van der Waals surface area contributed by atoms with Crippen LogP contribution in [0.1, 0.15) is 41.7 Å². The molecule has 33 heavy (non-hydrogen) atoms. The summed E-state index contributed by atoms with van der Waals surface area (Å²) in [6, 6.07) is 2.63. The molecule has 0 spiro atoms. The van der Waals surface area contributed by atoms with Crippen molar-refractivity contribution in [2.75, 3.05) is 31.3 Å². The smallest absolute Gasteiger partial charge is 0.257 e. The first-order valence-electron chi connectivity index (χ1n) is 11.2. The Morgan fingerprint density at radius 3 is 3.09 bits per heavy atom. The van der Waals surface area contributed by atoms with Crippen LogP contribution in [0, 0.1) is 5.82 Å². The standard InChI is InChI=1S/C22H24FN7O3/c1-2-28-6-3-16-18(12-28)33-22-14(9-13(23)10-24-22)17-5-8-32-30(17)19-4-7-29-20(27-19)15(11-25-29)21(31)26-16/h4,7,9-11,16-18H,2-3,5-6,8,12H2,1H3,(H,26,31)/t16?,17-,18?/m0/s1. The fraction of sp³-hybridized carbons (Fsp3) is 0.455. The van der Waals surface area contributed by atoms with E-state index in [2.05, 4.69) is 32.2 Å². The summed E-state index contributed by atoms with van der Waals surface area (Å²) in [5.41, 5.74) is 1.41. The number of nitrogens with one attached hydrogen (secondary N) is 1. The first-order valence-corrected chi connectivity index (χ1v) is 11.2. The quantitative estimate of drug-likeness (QED) is 0.595. The van der Waals surface area contributed by atoms with E-state index in [1.807, 2.05) is 0 Å². The monoisotopic (exact) mass is 453 g/mol. The molecular formula is C22H24FN7O3. The van der Waals surface area contributed by atoms with Crippen LogP contribution >= 0.6 is 0 Å². The van der Waals surface area contributed by atoms with E-state index in [0.29, 0.717) is 48.0 Å². The number of hydroxylamine groups is 1. The zero-order valence-electron chi connectivity index (χ0n) is 18.1. The number of ether oxygens (including phenoxy) is 1. The van der Waals surface area contributed by atoms with Crippen molar-refractivity contribution in [3.8, 4) is 5.88 Å². The van der Waals surface area contributed by atoms with Gasteiger partial charge in [0.25, 0.3) is 5.91 Å². The predicted octanol–water partition coefficient (Wildman–Crippen LogP) is 1.73. The summed E-state index contributed by atoms with van der Waals surface area (Å²) in [6.07, 6.45) is 5.40. The number of likely N-dealkylation sites (N-methyl/N-ethyl adjacent to an activating group) is 1. The van der Waals surface area contributed by atoms with Gasteiger partial charge in [-0.3, -0.25) is 14.5 Å². The minimum atomic E-state index is -0.446. The molecule has 2 unspecified atom stereocenters. The third-order valence-corrected chi connectivity index (χ3v) is 6.60. The molecule has 2 saturated heterocycles. The molecule has 6 heterocycles. The van der Waals surface area contributed by atoms with Gasteiger partial charge in [-0.15, -0.1) is 0 Å². The number of fused-ring (bicyclic) bond motifs is 6. The fourth-order valence-corrected chi connectivity index (χ4v) is 4.84. The van der Waals surface area contributed by atoms with Gasteiger partial charge in [-0.1, -0.05) is 6.92 Å².